The molecule has 0 fully saturated rings. The zero-order valence-electron chi connectivity index (χ0n) is 16.0. The Balaban J connectivity index is 0.00000364. The van der Waals surface area contributed by atoms with Crippen molar-refractivity contribution in [2.45, 2.75) is 56.8 Å². The van der Waals surface area contributed by atoms with Crippen molar-refractivity contribution in [3.8, 4) is 17.2 Å². The molecule has 0 atom stereocenters. The van der Waals surface area contributed by atoms with Gasteiger partial charge in [0.1, 0.15) is 11.5 Å². The Labute approximate surface area is 183 Å². The quantitative estimate of drug-likeness (QED) is 0.373. The summed E-state index contributed by atoms with van der Waals surface area (Å²) in [7, 11) is -4.58. The molecule has 1 N–H and O–H groups in total. The van der Waals surface area contributed by atoms with Gasteiger partial charge in [-0.25, -0.2) is 0 Å². The summed E-state index contributed by atoms with van der Waals surface area (Å²) >= 11 is 0. The first-order valence-electron chi connectivity index (χ1n) is 8.96. The third-order valence-corrected chi connectivity index (χ3v) is 5.09. The molecule has 0 saturated carbocycles. The Hall–Kier alpha value is -1.05. The molecule has 2 aromatic carbocycles. The molecule has 0 spiro atoms. The van der Waals surface area contributed by atoms with Crippen LogP contribution in [0.15, 0.2) is 47.4 Å². The van der Waals surface area contributed by atoms with E-state index in [0.717, 1.165) is 30.9 Å². The van der Waals surface area contributed by atoms with E-state index >= 15 is 0 Å². The van der Waals surface area contributed by atoms with Gasteiger partial charge in [-0.05, 0) is 42.4 Å². The molecule has 0 unspecified atom stereocenters. The van der Waals surface area contributed by atoms with E-state index in [1.54, 1.807) is 12.1 Å². The molecule has 0 aliphatic rings. The molecule has 0 aromatic heterocycles. The van der Waals surface area contributed by atoms with Crippen molar-refractivity contribution >= 4 is 10.1 Å². The largest absolute Gasteiger partial charge is 1.00 e. The molecule has 0 amide bonds. The summed E-state index contributed by atoms with van der Waals surface area (Å²) in [6, 6.07) is 11.2. The van der Waals surface area contributed by atoms with Crippen molar-refractivity contribution < 1.29 is 52.4 Å². The van der Waals surface area contributed by atoms with E-state index in [9.17, 15) is 13.5 Å². The van der Waals surface area contributed by atoms with E-state index in [-0.39, 0.29) is 35.3 Å². The number of hydrogen-bond acceptors (Lipinski definition) is 4. The van der Waals surface area contributed by atoms with Crippen LogP contribution in [-0.2, 0) is 16.5 Å². The van der Waals surface area contributed by atoms with Crippen molar-refractivity contribution in [2.75, 3.05) is 0 Å². The first-order valence-corrected chi connectivity index (χ1v) is 10.4. The Kier molecular flexibility index (Phi) is 10.4. The molecule has 5 nitrogen and oxygen atoms in total. The normalized spacial score (nSPS) is 11.0. The molecule has 0 heterocycles. The molecule has 0 aliphatic carbocycles. The van der Waals surface area contributed by atoms with Crippen LogP contribution in [0.2, 0.25) is 0 Å². The first-order chi connectivity index (χ1) is 12.4. The van der Waals surface area contributed by atoms with Gasteiger partial charge >= 0.3 is 29.6 Å². The topological polar surface area (TPSA) is 86.7 Å². The van der Waals surface area contributed by atoms with Gasteiger partial charge in [0.2, 0.25) is 0 Å². The average molecular weight is 400 g/mol. The van der Waals surface area contributed by atoms with Crippen molar-refractivity contribution in [3.05, 3.63) is 48.0 Å². The van der Waals surface area contributed by atoms with Gasteiger partial charge in [0.05, 0.1) is 4.90 Å². The van der Waals surface area contributed by atoms with Crippen LogP contribution in [-0.4, -0.2) is 13.0 Å². The fourth-order valence-corrected chi connectivity index (χ4v) is 3.39. The van der Waals surface area contributed by atoms with Crippen LogP contribution in [0.1, 0.15) is 51.0 Å². The molecule has 2 rings (SSSR count). The van der Waals surface area contributed by atoms with Crippen LogP contribution >= 0.6 is 0 Å². The fraction of sp³-hybridized carbons (Fsp3) is 0.400. The summed E-state index contributed by atoms with van der Waals surface area (Å²) in [6.07, 6.45) is 7.93. The van der Waals surface area contributed by atoms with Crippen LogP contribution in [0.5, 0.6) is 17.2 Å². The number of benzene rings is 2. The van der Waals surface area contributed by atoms with Gasteiger partial charge in [-0.3, -0.25) is 4.55 Å². The molecule has 27 heavy (non-hydrogen) atoms. The predicted octanol–water partition coefficient (Wildman–Crippen LogP) is 1.71. The molecular weight excluding hydrogens is 375 g/mol. The second-order valence-corrected chi connectivity index (χ2v) is 7.68. The van der Waals surface area contributed by atoms with Crippen molar-refractivity contribution in [1.82, 2.24) is 0 Å². The van der Waals surface area contributed by atoms with Crippen LogP contribution in [0.25, 0.3) is 0 Å². The molecule has 0 bridgehead atoms. The Bertz CT molecular complexity index is 821. The predicted molar refractivity (Wildman–Crippen MR) is 99.3 cm³/mol. The van der Waals surface area contributed by atoms with Crippen molar-refractivity contribution in [3.63, 3.8) is 0 Å². The Morgan fingerprint density at radius 3 is 2.26 bits per heavy atom. The second kappa shape index (κ2) is 11.7. The van der Waals surface area contributed by atoms with Crippen molar-refractivity contribution in [1.29, 1.82) is 0 Å². The molecule has 142 valence electrons. The maximum Gasteiger partial charge on any atom is 1.00 e. The summed E-state index contributed by atoms with van der Waals surface area (Å²) < 4.78 is 37.4. The molecule has 0 saturated heterocycles. The maximum atomic E-state index is 12.2. The molecule has 7 heteroatoms. The van der Waals surface area contributed by atoms with E-state index in [4.69, 9.17) is 9.29 Å². The fourth-order valence-electron chi connectivity index (χ4n) is 2.80. The molecule has 2 aromatic rings. The summed E-state index contributed by atoms with van der Waals surface area (Å²) in [5.74, 6) is -0.425. The van der Waals surface area contributed by atoms with E-state index in [1.807, 2.05) is 12.1 Å². The number of aryl methyl sites for hydroxylation is 1. The Morgan fingerprint density at radius 2 is 1.56 bits per heavy atom. The van der Waals surface area contributed by atoms with E-state index in [0.29, 0.717) is 5.75 Å². The van der Waals surface area contributed by atoms with Crippen molar-refractivity contribution in [2.24, 2.45) is 0 Å². The van der Waals surface area contributed by atoms with E-state index < -0.39 is 20.8 Å². The summed E-state index contributed by atoms with van der Waals surface area (Å²) in [6.45, 7) is 2.19. The molecule has 0 radical (unpaired) electrons. The number of rotatable bonds is 10. The summed E-state index contributed by atoms with van der Waals surface area (Å²) in [5.41, 5.74) is 0.972. The summed E-state index contributed by atoms with van der Waals surface area (Å²) in [5, 5.41) is 12.2. The van der Waals surface area contributed by atoms with Crippen LogP contribution in [0.4, 0.5) is 0 Å². The van der Waals surface area contributed by atoms with Gasteiger partial charge in [-0.1, -0.05) is 63.3 Å². The third kappa shape index (κ3) is 7.47. The number of unbranched alkanes of at least 4 members (excludes halogenated alkanes) is 5. The van der Waals surface area contributed by atoms with E-state index in [1.165, 1.54) is 37.8 Å². The zero-order chi connectivity index (χ0) is 19.0. The number of ether oxygens (including phenoxy) is 1. The van der Waals surface area contributed by atoms with Gasteiger partial charge in [0.25, 0.3) is 10.1 Å². The minimum absolute atomic E-state index is 0. The average Bonchev–Trinajstić information content (AvgIpc) is 2.60. The Morgan fingerprint density at radius 1 is 0.926 bits per heavy atom. The number of hydrogen-bond donors (Lipinski definition) is 1. The van der Waals surface area contributed by atoms with Gasteiger partial charge in [-0.15, -0.1) is 0 Å². The van der Waals surface area contributed by atoms with E-state index in [2.05, 4.69) is 6.92 Å². The minimum atomic E-state index is -4.58. The standard InChI is InChI=1S/C20H26O5S.Na/c1-2-3-4-5-6-7-11-16-12-8-9-13-17(16)25-18-14-10-15-19(20(18)21)26(22,23)24;/h8-10,12-15,21H,2-7,11H2,1H3,(H,22,23,24);/q;+1/p-1. The third-order valence-electron chi connectivity index (χ3n) is 4.21. The van der Waals surface area contributed by atoms with Crippen LogP contribution in [0.3, 0.4) is 0 Å². The second-order valence-electron chi connectivity index (χ2n) is 6.29. The van der Waals surface area contributed by atoms with Gasteiger partial charge in [-0.2, -0.15) is 8.42 Å². The number of para-hydroxylation sites is 2. The van der Waals surface area contributed by atoms with Crippen LogP contribution < -0.4 is 39.4 Å². The molecular formula is C20H25NaO5S. The zero-order valence-corrected chi connectivity index (χ0v) is 18.8. The maximum absolute atomic E-state index is 12.2. The van der Waals surface area contributed by atoms with Gasteiger partial charge in [0, 0.05) is 0 Å². The minimum Gasteiger partial charge on any atom is -0.869 e. The monoisotopic (exact) mass is 400 g/mol. The van der Waals surface area contributed by atoms with Crippen LogP contribution in [0, 0.1) is 0 Å². The SMILES string of the molecule is CCCCCCCCc1ccccc1Oc1cccc(S(=O)(=O)O)c1[O-].[Na+]. The summed E-state index contributed by atoms with van der Waals surface area (Å²) in [4.78, 5) is -0.677. The first kappa shape index (κ1) is 24.0. The smallest absolute Gasteiger partial charge is 0.869 e. The van der Waals surface area contributed by atoms with Gasteiger partial charge < -0.3 is 9.84 Å². The van der Waals surface area contributed by atoms with Gasteiger partial charge in [0.15, 0.2) is 0 Å². The molecule has 0 aliphatic heterocycles.